The van der Waals surface area contributed by atoms with Crippen molar-refractivity contribution in [2.75, 3.05) is 4.72 Å². The first-order valence-electron chi connectivity index (χ1n) is 5.85. The van der Waals surface area contributed by atoms with E-state index in [0.29, 0.717) is 10.2 Å². The van der Waals surface area contributed by atoms with Gasteiger partial charge < -0.3 is 0 Å². The maximum Gasteiger partial charge on any atom is 0.263 e. The molecule has 2 aromatic rings. The average molecular weight is 419 g/mol. The number of aryl methyl sites for hydroxylation is 2. The first-order valence-corrected chi connectivity index (χ1v) is 8.91. The molecule has 0 amide bonds. The summed E-state index contributed by atoms with van der Waals surface area (Å²) in [5.74, 6) is 0. The third kappa shape index (κ3) is 3.42. The van der Waals surface area contributed by atoms with E-state index in [4.69, 9.17) is 0 Å². The predicted molar refractivity (Wildman–Crippen MR) is 88.6 cm³/mol. The van der Waals surface area contributed by atoms with Crippen molar-refractivity contribution >= 4 is 47.6 Å². The Hall–Kier alpha value is -0.850. The van der Waals surface area contributed by atoms with Gasteiger partial charge in [0.15, 0.2) is 0 Å². The van der Waals surface area contributed by atoms with Crippen LogP contribution in [0.4, 0.5) is 5.69 Å². The first-order chi connectivity index (χ1) is 9.29. The van der Waals surface area contributed by atoms with Crippen molar-refractivity contribution in [3.05, 3.63) is 56.5 Å². The largest absolute Gasteiger partial charge is 0.279 e. The van der Waals surface area contributed by atoms with Crippen LogP contribution in [0.2, 0.25) is 0 Å². The van der Waals surface area contributed by atoms with Crippen molar-refractivity contribution in [1.29, 1.82) is 0 Å². The van der Waals surface area contributed by atoms with Crippen LogP contribution in [0.3, 0.4) is 0 Å². The van der Waals surface area contributed by atoms with Crippen LogP contribution in [-0.4, -0.2) is 8.42 Å². The van der Waals surface area contributed by atoms with Gasteiger partial charge in [0.05, 0.1) is 5.69 Å². The average Bonchev–Trinajstić information content (AvgIpc) is 2.32. The van der Waals surface area contributed by atoms with Crippen LogP contribution >= 0.6 is 31.9 Å². The highest BCUT2D eigenvalue weighted by Crippen LogP contribution is 2.28. The fraction of sp³-hybridized carbons (Fsp3) is 0.143. The molecule has 0 unspecified atom stereocenters. The van der Waals surface area contributed by atoms with E-state index in [1.807, 2.05) is 26.0 Å². The highest BCUT2D eigenvalue weighted by atomic mass is 79.9. The number of rotatable bonds is 3. The van der Waals surface area contributed by atoms with Gasteiger partial charge in [0, 0.05) is 8.95 Å². The lowest BCUT2D eigenvalue weighted by Crippen LogP contribution is -2.14. The zero-order valence-electron chi connectivity index (χ0n) is 10.9. The van der Waals surface area contributed by atoms with E-state index in [9.17, 15) is 8.42 Å². The maximum atomic E-state index is 12.4. The van der Waals surface area contributed by atoms with E-state index in [0.717, 1.165) is 15.6 Å². The number of hydrogen-bond acceptors (Lipinski definition) is 2. The van der Waals surface area contributed by atoms with Gasteiger partial charge in [-0.1, -0.05) is 33.6 Å². The lowest BCUT2D eigenvalue weighted by molar-refractivity contribution is 0.600. The molecule has 0 heterocycles. The molecular weight excluding hydrogens is 406 g/mol. The second-order valence-electron chi connectivity index (χ2n) is 4.50. The van der Waals surface area contributed by atoms with Crippen LogP contribution in [0.15, 0.2) is 50.2 Å². The van der Waals surface area contributed by atoms with Crippen LogP contribution in [0, 0.1) is 13.8 Å². The van der Waals surface area contributed by atoms with Gasteiger partial charge in [0.25, 0.3) is 10.0 Å². The number of nitrogens with one attached hydrogen (secondary N) is 1. The monoisotopic (exact) mass is 417 g/mol. The Morgan fingerprint density at radius 1 is 1.00 bits per heavy atom. The number of hydrogen-bond donors (Lipinski definition) is 1. The van der Waals surface area contributed by atoms with E-state index >= 15 is 0 Å². The molecule has 0 saturated carbocycles. The molecule has 20 heavy (non-hydrogen) atoms. The predicted octanol–water partition coefficient (Wildman–Crippen LogP) is 4.63. The summed E-state index contributed by atoms with van der Waals surface area (Å²) in [6, 6.07) is 10.5. The number of halogens is 2. The van der Waals surface area contributed by atoms with Gasteiger partial charge in [-0.05, 0) is 59.6 Å². The summed E-state index contributed by atoms with van der Waals surface area (Å²) >= 11 is 6.58. The van der Waals surface area contributed by atoms with Gasteiger partial charge in [0.1, 0.15) is 4.90 Å². The second kappa shape index (κ2) is 5.87. The van der Waals surface area contributed by atoms with E-state index < -0.39 is 10.0 Å². The highest BCUT2D eigenvalue weighted by molar-refractivity contribution is 9.11. The maximum absolute atomic E-state index is 12.4. The number of benzene rings is 2. The Labute approximate surface area is 135 Å². The van der Waals surface area contributed by atoms with Gasteiger partial charge in [-0.2, -0.15) is 0 Å². The molecule has 0 saturated heterocycles. The van der Waals surface area contributed by atoms with Gasteiger partial charge in [-0.3, -0.25) is 4.72 Å². The molecule has 106 valence electrons. The Balaban J connectivity index is 2.41. The standard InChI is InChI=1S/C14H13Br2NO2S/c1-9-3-5-13(10(2)7-9)17-20(18,19)14-6-4-11(15)8-12(14)16/h3-8,17H,1-2H3. The zero-order valence-corrected chi connectivity index (χ0v) is 14.9. The molecule has 0 radical (unpaired) electrons. The van der Waals surface area contributed by atoms with Gasteiger partial charge >= 0.3 is 0 Å². The van der Waals surface area contributed by atoms with Gasteiger partial charge in [-0.25, -0.2) is 8.42 Å². The number of anilines is 1. The summed E-state index contributed by atoms with van der Waals surface area (Å²) in [5.41, 5.74) is 2.57. The van der Waals surface area contributed by atoms with Gasteiger partial charge in [-0.15, -0.1) is 0 Å². The summed E-state index contributed by atoms with van der Waals surface area (Å²) < 4.78 is 28.8. The SMILES string of the molecule is Cc1ccc(NS(=O)(=O)c2ccc(Br)cc2Br)c(C)c1. The van der Waals surface area contributed by atoms with Crippen molar-refractivity contribution in [1.82, 2.24) is 0 Å². The quantitative estimate of drug-likeness (QED) is 0.789. The van der Waals surface area contributed by atoms with Crippen molar-refractivity contribution in [2.24, 2.45) is 0 Å². The minimum atomic E-state index is -3.61. The third-order valence-electron chi connectivity index (χ3n) is 2.81. The molecule has 0 aliphatic rings. The second-order valence-corrected chi connectivity index (χ2v) is 7.92. The Morgan fingerprint density at radius 3 is 2.30 bits per heavy atom. The Morgan fingerprint density at radius 2 is 1.70 bits per heavy atom. The normalized spacial score (nSPS) is 11.4. The molecule has 0 aromatic heterocycles. The fourth-order valence-electron chi connectivity index (χ4n) is 1.82. The van der Waals surface area contributed by atoms with Crippen LogP contribution < -0.4 is 4.72 Å². The van der Waals surface area contributed by atoms with E-state index in [1.54, 1.807) is 24.3 Å². The van der Waals surface area contributed by atoms with E-state index in [2.05, 4.69) is 36.6 Å². The lowest BCUT2D eigenvalue weighted by atomic mass is 10.1. The summed E-state index contributed by atoms with van der Waals surface area (Å²) in [4.78, 5) is 0.209. The Kier molecular flexibility index (Phi) is 4.56. The molecule has 6 heteroatoms. The summed E-state index contributed by atoms with van der Waals surface area (Å²) in [6.45, 7) is 3.85. The fourth-order valence-corrected chi connectivity index (χ4v) is 4.70. The first kappa shape index (κ1) is 15.5. The summed E-state index contributed by atoms with van der Waals surface area (Å²) in [5, 5.41) is 0. The lowest BCUT2D eigenvalue weighted by Gasteiger charge is -2.12. The van der Waals surface area contributed by atoms with E-state index in [-0.39, 0.29) is 4.90 Å². The minimum absolute atomic E-state index is 0.209. The molecule has 0 fully saturated rings. The molecule has 1 N–H and O–H groups in total. The molecule has 2 aromatic carbocycles. The van der Waals surface area contributed by atoms with Gasteiger partial charge in [0.2, 0.25) is 0 Å². The molecule has 0 bridgehead atoms. The molecular formula is C14H13Br2NO2S. The van der Waals surface area contributed by atoms with Crippen LogP contribution in [0.5, 0.6) is 0 Å². The molecule has 0 aliphatic carbocycles. The van der Waals surface area contributed by atoms with Crippen LogP contribution in [-0.2, 0) is 10.0 Å². The molecule has 0 aliphatic heterocycles. The summed E-state index contributed by atoms with van der Waals surface area (Å²) in [7, 11) is -3.61. The third-order valence-corrected chi connectivity index (χ3v) is 5.65. The Bertz CT molecular complexity index is 758. The van der Waals surface area contributed by atoms with E-state index in [1.165, 1.54) is 0 Å². The molecule has 3 nitrogen and oxygen atoms in total. The minimum Gasteiger partial charge on any atom is -0.279 e. The smallest absolute Gasteiger partial charge is 0.263 e. The van der Waals surface area contributed by atoms with Crippen molar-refractivity contribution in [3.63, 3.8) is 0 Å². The topological polar surface area (TPSA) is 46.2 Å². The molecule has 0 spiro atoms. The van der Waals surface area contributed by atoms with Crippen LogP contribution in [0.1, 0.15) is 11.1 Å². The summed E-state index contributed by atoms with van der Waals surface area (Å²) in [6.07, 6.45) is 0. The highest BCUT2D eigenvalue weighted by Gasteiger charge is 2.18. The molecule has 0 atom stereocenters. The molecule has 2 rings (SSSR count). The van der Waals surface area contributed by atoms with Crippen molar-refractivity contribution in [2.45, 2.75) is 18.7 Å². The van der Waals surface area contributed by atoms with Crippen molar-refractivity contribution in [3.8, 4) is 0 Å². The zero-order chi connectivity index (χ0) is 14.9. The number of sulfonamides is 1. The van der Waals surface area contributed by atoms with Crippen LogP contribution in [0.25, 0.3) is 0 Å². The van der Waals surface area contributed by atoms with Crippen molar-refractivity contribution < 1.29 is 8.42 Å².